The van der Waals surface area contributed by atoms with Gasteiger partial charge in [-0.2, -0.15) is 0 Å². The fourth-order valence-electron chi connectivity index (χ4n) is 3.01. The zero-order chi connectivity index (χ0) is 18.0. The van der Waals surface area contributed by atoms with Gasteiger partial charge in [-0.05, 0) is 41.7 Å². The molecule has 0 fully saturated rings. The topological polar surface area (TPSA) is 45.2 Å². The number of anilines is 1. The lowest BCUT2D eigenvalue weighted by molar-refractivity contribution is -0.124. The highest BCUT2D eigenvalue weighted by atomic mass is 16.2. The second kappa shape index (κ2) is 6.96. The monoisotopic (exact) mass is 337 g/mol. The van der Waals surface area contributed by atoms with Crippen LogP contribution in [0.25, 0.3) is 0 Å². The molecule has 3 rings (SSSR count). The number of nitrogens with zero attached hydrogens (tertiary/aromatic N) is 2. The minimum absolute atomic E-state index is 0.0193. The van der Waals surface area contributed by atoms with Crippen molar-refractivity contribution in [1.29, 1.82) is 0 Å². The first-order valence-electron chi connectivity index (χ1n) is 8.95. The van der Waals surface area contributed by atoms with Gasteiger partial charge in [-0.1, -0.05) is 45.0 Å². The summed E-state index contributed by atoms with van der Waals surface area (Å²) in [7, 11) is 0. The second-order valence-corrected chi connectivity index (χ2v) is 7.60. The van der Waals surface area contributed by atoms with E-state index < -0.39 is 0 Å². The van der Waals surface area contributed by atoms with Gasteiger partial charge in [0, 0.05) is 31.2 Å². The molecule has 0 atom stereocenters. The van der Waals surface area contributed by atoms with Gasteiger partial charge < -0.3 is 5.32 Å². The number of amides is 1. The van der Waals surface area contributed by atoms with E-state index in [1.807, 2.05) is 33.0 Å². The van der Waals surface area contributed by atoms with E-state index in [0.29, 0.717) is 5.82 Å². The van der Waals surface area contributed by atoms with E-state index >= 15 is 0 Å². The number of fused-ring (bicyclic) bond motifs is 1. The van der Waals surface area contributed by atoms with Crippen LogP contribution in [-0.4, -0.2) is 15.8 Å². The summed E-state index contributed by atoms with van der Waals surface area (Å²) in [6, 6.07) is 10.6. The standard InChI is InChI=1S/C21H27N3O/c1-5-21(3,4)20(25)23-19-10-18(15(2)11-22-19)14-24-12-16-8-6-7-9-17(16)13-24/h6-11H,5,12-14H2,1-4H3,(H,22,23,25). The van der Waals surface area contributed by atoms with Crippen LogP contribution in [0.2, 0.25) is 0 Å². The normalized spacial score (nSPS) is 14.4. The number of hydrogen-bond donors (Lipinski definition) is 1. The second-order valence-electron chi connectivity index (χ2n) is 7.60. The minimum Gasteiger partial charge on any atom is -0.310 e. The summed E-state index contributed by atoms with van der Waals surface area (Å²) in [4.78, 5) is 19.2. The van der Waals surface area contributed by atoms with E-state index in [1.165, 1.54) is 16.7 Å². The van der Waals surface area contributed by atoms with Crippen molar-refractivity contribution in [3.8, 4) is 0 Å². The highest BCUT2D eigenvalue weighted by Crippen LogP contribution is 2.26. The Hall–Kier alpha value is -2.20. The Kier molecular flexibility index (Phi) is 4.91. The largest absolute Gasteiger partial charge is 0.310 e. The Morgan fingerprint density at radius 3 is 2.48 bits per heavy atom. The molecular weight excluding hydrogens is 310 g/mol. The molecule has 1 aliphatic rings. The van der Waals surface area contributed by atoms with Crippen LogP contribution in [0, 0.1) is 12.3 Å². The first kappa shape index (κ1) is 17.6. The van der Waals surface area contributed by atoms with Gasteiger partial charge in [0.2, 0.25) is 5.91 Å². The molecule has 2 heterocycles. The third-order valence-electron chi connectivity index (χ3n) is 5.26. The zero-order valence-corrected chi connectivity index (χ0v) is 15.6. The molecule has 0 bridgehead atoms. The average Bonchev–Trinajstić information content (AvgIpc) is 3.00. The van der Waals surface area contributed by atoms with E-state index in [1.54, 1.807) is 0 Å². The van der Waals surface area contributed by atoms with E-state index in [9.17, 15) is 4.79 Å². The van der Waals surface area contributed by atoms with Gasteiger partial charge in [-0.3, -0.25) is 9.69 Å². The number of nitrogens with one attached hydrogen (secondary N) is 1. The third-order valence-corrected chi connectivity index (χ3v) is 5.26. The van der Waals surface area contributed by atoms with Gasteiger partial charge in [0.25, 0.3) is 0 Å². The van der Waals surface area contributed by atoms with E-state index in [-0.39, 0.29) is 11.3 Å². The molecule has 25 heavy (non-hydrogen) atoms. The number of aromatic nitrogens is 1. The molecule has 0 spiro atoms. The number of pyridine rings is 1. The van der Waals surface area contributed by atoms with Crippen LogP contribution >= 0.6 is 0 Å². The lowest BCUT2D eigenvalue weighted by Gasteiger charge is -2.22. The third kappa shape index (κ3) is 3.90. The Morgan fingerprint density at radius 1 is 1.24 bits per heavy atom. The number of carbonyl (C=O) groups is 1. The van der Waals surface area contributed by atoms with Crippen molar-refractivity contribution >= 4 is 11.7 Å². The van der Waals surface area contributed by atoms with Crippen molar-refractivity contribution in [3.05, 3.63) is 58.8 Å². The van der Waals surface area contributed by atoms with E-state index in [0.717, 1.165) is 31.6 Å². The summed E-state index contributed by atoms with van der Waals surface area (Å²) in [5.74, 6) is 0.662. The van der Waals surface area contributed by atoms with Crippen molar-refractivity contribution in [2.75, 3.05) is 5.32 Å². The lowest BCUT2D eigenvalue weighted by Crippen LogP contribution is -2.30. The van der Waals surface area contributed by atoms with Crippen LogP contribution in [0.1, 0.15) is 49.4 Å². The number of benzene rings is 1. The average molecular weight is 337 g/mol. The van der Waals surface area contributed by atoms with Crippen molar-refractivity contribution in [1.82, 2.24) is 9.88 Å². The molecule has 4 heteroatoms. The first-order valence-corrected chi connectivity index (χ1v) is 8.95. The molecule has 0 saturated heterocycles. The molecule has 1 aromatic carbocycles. The molecule has 1 aliphatic heterocycles. The highest BCUT2D eigenvalue weighted by molar-refractivity contribution is 5.94. The summed E-state index contributed by atoms with van der Waals surface area (Å²) in [6.45, 7) is 10.8. The Labute approximate surface area is 150 Å². The Balaban J connectivity index is 1.72. The van der Waals surface area contributed by atoms with Gasteiger partial charge in [0.05, 0.1) is 0 Å². The summed E-state index contributed by atoms with van der Waals surface area (Å²) >= 11 is 0. The maximum atomic E-state index is 12.4. The predicted octanol–water partition coefficient (Wildman–Crippen LogP) is 4.28. The van der Waals surface area contributed by atoms with Crippen molar-refractivity contribution in [3.63, 3.8) is 0 Å². The molecule has 132 valence electrons. The minimum atomic E-state index is -0.386. The number of rotatable bonds is 5. The van der Waals surface area contributed by atoms with Crippen LogP contribution in [0.3, 0.4) is 0 Å². The SMILES string of the molecule is CCC(C)(C)C(=O)Nc1cc(CN2Cc3ccccc3C2)c(C)cn1. The number of aryl methyl sites for hydroxylation is 1. The molecule has 1 N–H and O–H groups in total. The molecule has 0 radical (unpaired) electrons. The van der Waals surface area contributed by atoms with Gasteiger partial charge in [-0.15, -0.1) is 0 Å². The molecule has 2 aromatic rings. The smallest absolute Gasteiger partial charge is 0.231 e. The molecule has 0 aliphatic carbocycles. The maximum Gasteiger partial charge on any atom is 0.231 e. The maximum absolute atomic E-state index is 12.4. The summed E-state index contributed by atoms with van der Waals surface area (Å²) in [5, 5.41) is 2.97. The lowest BCUT2D eigenvalue weighted by atomic mass is 9.89. The summed E-state index contributed by atoms with van der Waals surface area (Å²) < 4.78 is 0. The van der Waals surface area contributed by atoms with Crippen molar-refractivity contribution in [2.45, 2.75) is 53.8 Å². The van der Waals surface area contributed by atoms with E-state index in [2.05, 4.69) is 46.4 Å². The highest BCUT2D eigenvalue weighted by Gasteiger charge is 2.26. The van der Waals surface area contributed by atoms with Crippen LogP contribution in [-0.2, 0) is 24.4 Å². The fourth-order valence-corrected chi connectivity index (χ4v) is 3.01. The number of hydrogen-bond acceptors (Lipinski definition) is 3. The van der Waals surface area contributed by atoms with Crippen LogP contribution in [0.5, 0.6) is 0 Å². The number of carbonyl (C=O) groups excluding carboxylic acids is 1. The van der Waals surface area contributed by atoms with Crippen LogP contribution in [0.15, 0.2) is 36.5 Å². The van der Waals surface area contributed by atoms with Crippen molar-refractivity contribution < 1.29 is 4.79 Å². The quantitative estimate of drug-likeness (QED) is 0.886. The Morgan fingerprint density at radius 2 is 1.88 bits per heavy atom. The molecular formula is C21H27N3O. The fraction of sp³-hybridized carbons (Fsp3) is 0.429. The molecule has 4 nitrogen and oxygen atoms in total. The van der Waals surface area contributed by atoms with E-state index in [4.69, 9.17) is 0 Å². The van der Waals surface area contributed by atoms with Gasteiger partial charge in [0.15, 0.2) is 0 Å². The molecule has 0 unspecified atom stereocenters. The van der Waals surface area contributed by atoms with Crippen LogP contribution < -0.4 is 5.32 Å². The van der Waals surface area contributed by atoms with Gasteiger partial charge in [0.1, 0.15) is 5.82 Å². The van der Waals surface area contributed by atoms with Crippen molar-refractivity contribution in [2.24, 2.45) is 5.41 Å². The summed E-state index contributed by atoms with van der Waals surface area (Å²) in [5.41, 5.74) is 4.81. The molecule has 1 amide bonds. The summed E-state index contributed by atoms with van der Waals surface area (Å²) in [6.07, 6.45) is 2.65. The predicted molar refractivity (Wildman–Crippen MR) is 101 cm³/mol. The first-order chi connectivity index (χ1) is 11.9. The van der Waals surface area contributed by atoms with Crippen LogP contribution in [0.4, 0.5) is 5.82 Å². The zero-order valence-electron chi connectivity index (χ0n) is 15.6. The van der Waals surface area contributed by atoms with Gasteiger partial charge in [-0.25, -0.2) is 4.98 Å². The Bertz CT molecular complexity index is 757. The molecule has 0 saturated carbocycles. The molecule has 1 aromatic heterocycles. The van der Waals surface area contributed by atoms with Gasteiger partial charge >= 0.3 is 0 Å².